The number of nitrogens with one attached hydrogen (secondary N) is 1. The molecule has 0 bridgehead atoms. The second-order valence-corrected chi connectivity index (χ2v) is 10.2. The van der Waals surface area contributed by atoms with E-state index in [1.54, 1.807) is 0 Å². The molecule has 32 heavy (non-hydrogen) atoms. The van der Waals surface area contributed by atoms with Gasteiger partial charge in [-0.05, 0) is 31.2 Å². The quantitative estimate of drug-likeness (QED) is 0.481. The maximum Gasteiger partial charge on any atom is 0.321 e. The van der Waals surface area contributed by atoms with E-state index in [1.165, 1.54) is 42.6 Å². The summed E-state index contributed by atoms with van der Waals surface area (Å²) in [6, 6.07) is 13.4. The zero-order valence-corrected chi connectivity index (χ0v) is 19.6. The number of thiazole rings is 1. The number of benzene rings is 2. The molecule has 1 N–H and O–H groups in total. The van der Waals surface area contributed by atoms with Gasteiger partial charge in [-0.1, -0.05) is 41.4 Å². The fourth-order valence-corrected chi connectivity index (χ4v) is 4.57. The highest BCUT2D eigenvalue weighted by Gasteiger charge is 2.24. The molecule has 2 aromatic carbocycles. The third-order valence-corrected chi connectivity index (χ3v) is 7.16. The number of halogens is 1. The minimum Gasteiger partial charge on any atom is -0.455 e. The van der Waals surface area contributed by atoms with Crippen LogP contribution >= 0.6 is 22.9 Å². The predicted molar refractivity (Wildman–Crippen MR) is 123 cm³/mol. The third-order valence-electron chi connectivity index (χ3n) is 4.34. The smallest absolute Gasteiger partial charge is 0.321 e. The molecule has 0 spiro atoms. The van der Waals surface area contributed by atoms with Crippen molar-refractivity contribution in [3.8, 4) is 11.3 Å². The number of carbonyl (C=O) groups excluding carboxylic acids is 2. The van der Waals surface area contributed by atoms with E-state index in [0.717, 1.165) is 21.1 Å². The molecule has 1 heterocycles. The molecule has 11 heteroatoms. The summed E-state index contributed by atoms with van der Waals surface area (Å²) in [6.45, 7) is 0.878. The number of aryl methyl sites for hydroxylation is 1. The Balaban J connectivity index is 1.50. The fourth-order valence-electron chi connectivity index (χ4n) is 2.59. The molecule has 1 aromatic heterocycles. The normalized spacial score (nSPS) is 11.4. The Morgan fingerprint density at radius 1 is 1.12 bits per heavy atom. The highest BCUT2D eigenvalue weighted by molar-refractivity contribution is 7.89. The van der Waals surface area contributed by atoms with Gasteiger partial charge in [0.1, 0.15) is 6.54 Å². The molecule has 0 unspecified atom stereocenters. The summed E-state index contributed by atoms with van der Waals surface area (Å²) in [5.41, 5.74) is 2.77. The molecule has 0 saturated heterocycles. The summed E-state index contributed by atoms with van der Waals surface area (Å²) in [7, 11) is -2.66. The van der Waals surface area contributed by atoms with Gasteiger partial charge in [0, 0.05) is 23.0 Å². The Kier molecular flexibility index (Phi) is 7.62. The van der Waals surface area contributed by atoms with Crippen LogP contribution in [0, 0.1) is 6.92 Å². The summed E-state index contributed by atoms with van der Waals surface area (Å²) in [6.07, 6.45) is 0. The van der Waals surface area contributed by atoms with Crippen LogP contribution < -0.4 is 5.32 Å². The van der Waals surface area contributed by atoms with Gasteiger partial charge in [0.25, 0.3) is 5.91 Å². The minimum absolute atomic E-state index is 0.0110. The summed E-state index contributed by atoms with van der Waals surface area (Å²) < 4.78 is 30.7. The van der Waals surface area contributed by atoms with Crippen LogP contribution in [0.5, 0.6) is 0 Å². The van der Waals surface area contributed by atoms with Crippen LogP contribution in [0.1, 0.15) is 5.56 Å². The molecule has 0 aliphatic rings. The van der Waals surface area contributed by atoms with E-state index in [9.17, 15) is 18.0 Å². The number of aromatic nitrogens is 1. The number of hydrogen-bond donors (Lipinski definition) is 1. The SMILES string of the molecule is Cc1ccc(-c2csc(NC(=O)COC(=O)CN(C)S(=O)(=O)c3ccc(Cl)cc3)n2)cc1. The molecular formula is C21H20ClN3O5S2. The molecule has 0 fully saturated rings. The Morgan fingerprint density at radius 3 is 2.44 bits per heavy atom. The van der Waals surface area contributed by atoms with Crippen LogP contribution in [0.3, 0.4) is 0 Å². The van der Waals surface area contributed by atoms with E-state index in [1.807, 2.05) is 36.6 Å². The van der Waals surface area contributed by atoms with Crippen molar-refractivity contribution in [1.82, 2.24) is 9.29 Å². The first-order valence-corrected chi connectivity index (χ1v) is 12.0. The lowest BCUT2D eigenvalue weighted by atomic mass is 10.1. The second-order valence-electron chi connectivity index (χ2n) is 6.83. The van der Waals surface area contributed by atoms with Crippen molar-refractivity contribution in [3.63, 3.8) is 0 Å². The van der Waals surface area contributed by atoms with Gasteiger partial charge in [0.2, 0.25) is 10.0 Å². The van der Waals surface area contributed by atoms with Crippen molar-refractivity contribution in [2.75, 3.05) is 25.5 Å². The summed E-state index contributed by atoms with van der Waals surface area (Å²) in [5.74, 6) is -1.44. The molecule has 8 nitrogen and oxygen atoms in total. The topological polar surface area (TPSA) is 106 Å². The number of amides is 1. The minimum atomic E-state index is -3.90. The van der Waals surface area contributed by atoms with Crippen molar-refractivity contribution < 1.29 is 22.7 Å². The van der Waals surface area contributed by atoms with Gasteiger partial charge >= 0.3 is 5.97 Å². The fraction of sp³-hybridized carbons (Fsp3) is 0.190. The maximum absolute atomic E-state index is 12.5. The van der Waals surface area contributed by atoms with Gasteiger partial charge in [-0.2, -0.15) is 4.31 Å². The van der Waals surface area contributed by atoms with Gasteiger partial charge in [-0.3, -0.25) is 14.9 Å². The number of anilines is 1. The van der Waals surface area contributed by atoms with E-state index in [-0.39, 0.29) is 4.90 Å². The molecule has 0 saturated carbocycles. The van der Waals surface area contributed by atoms with Crippen LogP contribution in [0.4, 0.5) is 5.13 Å². The number of carbonyl (C=O) groups is 2. The first kappa shape index (κ1) is 23.9. The van der Waals surface area contributed by atoms with E-state index < -0.39 is 35.1 Å². The molecule has 168 valence electrons. The van der Waals surface area contributed by atoms with Gasteiger partial charge in [-0.25, -0.2) is 13.4 Å². The Hall–Kier alpha value is -2.79. The number of nitrogens with zero attached hydrogens (tertiary/aromatic N) is 2. The van der Waals surface area contributed by atoms with Gasteiger partial charge in [0.05, 0.1) is 10.6 Å². The zero-order valence-electron chi connectivity index (χ0n) is 17.2. The second kappa shape index (κ2) is 10.2. The van der Waals surface area contributed by atoms with Crippen molar-refractivity contribution in [3.05, 3.63) is 64.5 Å². The number of likely N-dealkylation sites (N-methyl/N-ethyl adjacent to an activating group) is 1. The molecule has 1 amide bonds. The number of rotatable bonds is 8. The van der Waals surface area contributed by atoms with Crippen LogP contribution in [0.2, 0.25) is 5.02 Å². The highest BCUT2D eigenvalue weighted by Crippen LogP contribution is 2.25. The van der Waals surface area contributed by atoms with Crippen molar-refractivity contribution in [2.45, 2.75) is 11.8 Å². The number of esters is 1. The molecule has 0 atom stereocenters. The monoisotopic (exact) mass is 493 g/mol. The molecule has 3 rings (SSSR count). The highest BCUT2D eigenvalue weighted by atomic mass is 35.5. The van der Waals surface area contributed by atoms with Gasteiger partial charge in [-0.15, -0.1) is 11.3 Å². The molecular weight excluding hydrogens is 474 g/mol. The first-order valence-electron chi connectivity index (χ1n) is 9.35. The standard InChI is InChI=1S/C21H20ClN3O5S2/c1-14-3-5-15(6-4-14)18-13-31-21(23-18)24-19(26)12-30-20(27)11-25(2)32(28,29)17-9-7-16(22)8-10-17/h3-10,13H,11-12H2,1-2H3,(H,23,24,26). The van der Waals surface area contributed by atoms with E-state index in [4.69, 9.17) is 16.3 Å². The summed E-state index contributed by atoms with van der Waals surface area (Å²) >= 11 is 7.01. The number of sulfonamides is 1. The lowest BCUT2D eigenvalue weighted by Gasteiger charge is -2.16. The van der Waals surface area contributed by atoms with Crippen molar-refractivity contribution in [2.24, 2.45) is 0 Å². The van der Waals surface area contributed by atoms with E-state index in [0.29, 0.717) is 10.2 Å². The average molecular weight is 494 g/mol. The largest absolute Gasteiger partial charge is 0.455 e. The van der Waals surface area contributed by atoms with Gasteiger partial charge in [0.15, 0.2) is 11.7 Å². The van der Waals surface area contributed by atoms with E-state index in [2.05, 4.69) is 10.3 Å². The molecule has 0 radical (unpaired) electrons. The first-order chi connectivity index (χ1) is 15.1. The van der Waals surface area contributed by atoms with Crippen LogP contribution in [0.25, 0.3) is 11.3 Å². The van der Waals surface area contributed by atoms with Crippen molar-refractivity contribution >= 4 is 50.0 Å². The van der Waals surface area contributed by atoms with Crippen molar-refractivity contribution in [1.29, 1.82) is 0 Å². The Labute approximate surface area is 194 Å². The maximum atomic E-state index is 12.5. The summed E-state index contributed by atoms with van der Waals surface area (Å²) in [4.78, 5) is 28.4. The predicted octanol–water partition coefficient (Wildman–Crippen LogP) is 3.57. The lowest BCUT2D eigenvalue weighted by molar-refractivity contribution is -0.147. The molecule has 3 aromatic rings. The van der Waals surface area contributed by atoms with Crippen LogP contribution in [-0.4, -0.2) is 49.8 Å². The zero-order chi connectivity index (χ0) is 23.3. The van der Waals surface area contributed by atoms with Crippen LogP contribution in [-0.2, 0) is 24.3 Å². The summed E-state index contributed by atoms with van der Waals surface area (Å²) in [5, 5.41) is 5.13. The number of ether oxygens (including phenoxy) is 1. The van der Waals surface area contributed by atoms with Gasteiger partial charge < -0.3 is 4.74 Å². The van der Waals surface area contributed by atoms with E-state index >= 15 is 0 Å². The third kappa shape index (κ3) is 6.13. The average Bonchev–Trinajstić information content (AvgIpc) is 3.21. The van der Waals surface area contributed by atoms with Crippen LogP contribution in [0.15, 0.2) is 58.8 Å². The lowest BCUT2D eigenvalue weighted by Crippen LogP contribution is -2.34. The molecule has 0 aliphatic heterocycles. The Morgan fingerprint density at radius 2 is 1.78 bits per heavy atom. The molecule has 0 aliphatic carbocycles. The Bertz CT molecular complexity index is 1210. The number of hydrogen-bond acceptors (Lipinski definition) is 7.